The van der Waals surface area contributed by atoms with E-state index < -0.39 is 31.6 Å². The van der Waals surface area contributed by atoms with Crippen LogP contribution in [0.3, 0.4) is 0 Å². The summed E-state index contributed by atoms with van der Waals surface area (Å²) in [6, 6.07) is 19.2. The highest BCUT2D eigenvalue weighted by atomic mass is 32.2. The van der Waals surface area contributed by atoms with Crippen LogP contribution in [0.15, 0.2) is 76.5 Å². The fourth-order valence-electron chi connectivity index (χ4n) is 5.94. The van der Waals surface area contributed by atoms with Crippen molar-refractivity contribution >= 4 is 19.9 Å². The molecule has 2 heterocycles. The van der Waals surface area contributed by atoms with Crippen LogP contribution in [-0.2, 0) is 31.1 Å². The number of aliphatic hydroxyl groups is 1. The average molecular weight is 674 g/mol. The number of nitrogens with one attached hydrogen (secondary N) is 1. The molecule has 3 aromatic rings. The summed E-state index contributed by atoms with van der Waals surface area (Å²) < 4.78 is 70.6. The molecule has 46 heavy (non-hydrogen) atoms. The lowest BCUT2D eigenvalue weighted by Gasteiger charge is -2.38. The third-order valence-electron chi connectivity index (χ3n) is 8.55. The maximum Gasteiger partial charge on any atom is 0.246 e. The Bertz CT molecular complexity index is 1710. The Morgan fingerprint density at radius 3 is 2.41 bits per heavy atom. The number of nitrogens with two attached hydrogens (primary N) is 1. The number of nitrogens with zero attached hydrogens (tertiary/aromatic N) is 1. The van der Waals surface area contributed by atoms with E-state index in [1.807, 2.05) is 37.3 Å². The van der Waals surface area contributed by atoms with Gasteiger partial charge in [-0.05, 0) is 73.2 Å². The van der Waals surface area contributed by atoms with Gasteiger partial charge in [-0.1, -0.05) is 36.4 Å². The Balaban J connectivity index is 1.16. The summed E-state index contributed by atoms with van der Waals surface area (Å²) in [5.41, 5.74) is 7.97. The fraction of sp³-hybridized carbons (Fsp3) is 0.455. The van der Waals surface area contributed by atoms with Crippen LogP contribution in [0.1, 0.15) is 31.7 Å². The molecule has 13 heteroatoms. The molecule has 0 aromatic heterocycles. The zero-order valence-corrected chi connectivity index (χ0v) is 27.9. The van der Waals surface area contributed by atoms with Crippen LogP contribution in [0.2, 0.25) is 0 Å². The molecule has 5 rings (SSSR count). The Hall–Kier alpha value is -3.04. The fourth-order valence-corrected chi connectivity index (χ4v) is 8.20. The predicted octanol–water partition coefficient (Wildman–Crippen LogP) is 2.96. The first kappa shape index (κ1) is 34.3. The second-order valence-electron chi connectivity index (χ2n) is 11.9. The summed E-state index contributed by atoms with van der Waals surface area (Å²) in [6.45, 7) is 3.96. The highest BCUT2D eigenvalue weighted by molar-refractivity contribution is 7.90. The predicted molar refractivity (Wildman–Crippen MR) is 175 cm³/mol. The largest absolute Gasteiger partial charge is 0.492 e. The molecule has 0 saturated carbocycles. The van der Waals surface area contributed by atoms with Crippen LogP contribution in [0.25, 0.3) is 11.1 Å². The van der Waals surface area contributed by atoms with E-state index in [0.717, 1.165) is 22.9 Å². The van der Waals surface area contributed by atoms with E-state index >= 15 is 0 Å². The summed E-state index contributed by atoms with van der Waals surface area (Å²) in [5.74, 6) is 0.699. The first-order chi connectivity index (χ1) is 21.9. The van der Waals surface area contributed by atoms with E-state index in [-0.39, 0.29) is 29.0 Å². The van der Waals surface area contributed by atoms with Crippen LogP contribution in [0.4, 0.5) is 0 Å². The lowest BCUT2D eigenvalue weighted by molar-refractivity contribution is -0.0312. The lowest BCUT2D eigenvalue weighted by atomic mass is 9.88. The topological polar surface area (TPSA) is 157 Å². The van der Waals surface area contributed by atoms with Gasteiger partial charge in [0.05, 0.1) is 23.7 Å². The molecule has 0 bridgehead atoms. The molecule has 2 saturated heterocycles. The molecule has 2 aliphatic rings. The standard InChI is InChI=1S/C33H43N3O8S2/c1-3-42-31-12-11-26(25-9-7-24(20-34)8-10-25)17-32(31)46(40,41)36-15-13-33(14-16-36)19-27(22-44-33)35-21-28(37)23-43-29-5-4-6-30(18-29)45(2,38)39/h4-12,17-18,27-28,35,37H,3,13-16,19-23,34H2,1-2H3/t27-,28-/m0/s1. The number of ether oxygens (including phenoxy) is 3. The van der Waals surface area contributed by atoms with E-state index in [4.69, 9.17) is 19.9 Å². The van der Waals surface area contributed by atoms with Crippen LogP contribution in [0.5, 0.6) is 11.5 Å². The highest BCUT2D eigenvalue weighted by Crippen LogP contribution is 2.39. The van der Waals surface area contributed by atoms with Crippen molar-refractivity contribution in [1.82, 2.24) is 9.62 Å². The van der Waals surface area contributed by atoms with E-state index in [2.05, 4.69) is 5.32 Å². The normalized spacial score (nSPS) is 19.3. The molecular formula is C33H43N3O8S2. The van der Waals surface area contributed by atoms with Gasteiger partial charge in [-0.3, -0.25) is 0 Å². The third-order valence-corrected chi connectivity index (χ3v) is 11.6. The van der Waals surface area contributed by atoms with Gasteiger partial charge < -0.3 is 30.4 Å². The first-order valence-electron chi connectivity index (χ1n) is 15.5. The molecule has 11 nitrogen and oxygen atoms in total. The lowest BCUT2D eigenvalue weighted by Crippen LogP contribution is -2.47. The Kier molecular flexibility index (Phi) is 10.7. The molecule has 0 aliphatic carbocycles. The van der Waals surface area contributed by atoms with Crippen molar-refractivity contribution in [3.8, 4) is 22.6 Å². The van der Waals surface area contributed by atoms with E-state index in [9.17, 15) is 21.9 Å². The number of hydrogen-bond acceptors (Lipinski definition) is 10. The maximum atomic E-state index is 14.0. The molecule has 4 N–H and O–H groups in total. The van der Waals surface area contributed by atoms with Crippen LogP contribution >= 0.6 is 0 Å². The molecule has 1 spiro atoms. The molecule has 0 amide bonds. The van der Waals surface area contributed by atoms with E-state index in [1.165, 1.54) is 16.4 Å². The van der Waals surface area contributed by atoms with Gasteiger partial charge in [0.2, 0.25) is 10.0 Å². The van der Waals surface area contributed by atoms with Gasteiger partial charge in [-0.25, -0.2) is 16.8 Å². The molecule has 0 unspecified atom stereocenters. The summed E-state index contributed by atoms with van der Waals surface area (Å²) >= 11 is 0. The van der Waals surface area contributed by atoms with Gasteiger partial charge in [0.25, 0.3) is 0 Å². The summed E-state index contributed by atoms with van der Waals surface area (Å²) in [7, 11) is -7.20. The van der Waals surface area contributed by atoms with Gasteiger partial charge in [0.1, 0.15) is 29.1 Å². The number of aliphatic hydroxyl groups excluding tert-OH is 1. The van der Waals surface area contributed by atoms with Gasteiger partial charge in [0, 0.05) is 38.5 Å². The number of rotatable bonds is 13. The molecule has 2 aliphatic heterocycles. The first-order valence-corrected chi connectivity index (χ1v) is 18.8. The van der Waals surface area contributed by atoms with Gasteiger partial charge >= 0.3 is 0 Å². The zero-order chi connectivity index (χ0) is 33.0. The number of piperidine rings is 1. The summed E-state index contributed by atoms with van der Waals surface area (Å²) in [5, 5.41) is 13.8. The molecule has 250 valence electrons. The van der Waals surface area contributed by atoms with E-state index in [1.54, 1.807) is 24.3 Å². The van der Waals surface area contributed by atoms with Gasteiger partial charge in [0.15, 0.2) is 9.84 Å². The molecule has 3 aromatic carbocycles. The van der Waals surface area contributed by atoms with Crippen LogP contribution in [-0.4, -0.2) is 89.7 Å². The minimum atomic E-state index is -3.84. The van der Waals surface area contributed by atoms with Crippen molar-refractivity contribution < 1.29 is 36.2 Å². The third kappa shape index (κ3) is 8.08. The number of sulfonamides is 1. The SMILES string of the molecule is CCOc1ccc(-c2ccc(CN)cc2)cc1S(=O)(=O)N1CCC2(CC1)C[C@H](NC[C@H](O)COc1cccc(S(C)(=O)=O)c1)CO2. The summed E-state index contributed by atoms with van der Waals surface area (Å²) in [6.07, 6.45) is 2.11. The van der Waals surface area contributed by atoms with Crippen molar-refractivity contribution in [2.24, 2.45) is 5.73 Å². The van der Waals surface area contributed by atoms with Gasteiger partial charge in [-0.15, -0.1) is 0 Å². The Morgan fingerprint density at radius 2 is 1.74 bits per heavy atom. The molecule has 2 fully saturated rings. The van der Waals surface area contributed by atoms with Crippen molar-refractivity contribution in [3.63, 3.8) is 0 Å². The Morgan fingerprint density at radius 1 is 1.02 bits per heavy atom. The monoisotopic (exact) mass is 673 g/mol. The minimum absolute atomic E-state index is 0.00160. The van der Waals surface area contributed by atoms with Crippen LogP contribution in [0, 0.1) is 0 Å². The van der Waals surface area contributed by atoms with Crippen molar-refractivity contribution in [1.29, 1.82) is 0 Å². The highest BCUT2D eigenvalue weighted by Gasteiger charge is 2.45. The number of hydrogen-bond donors (Lipinski definition) is 3. The molecule has 2 atom stereocenters. The number of sulfone groups is 1. The molecule has 0 radical (unpaired) electrons. The van der Waals surface area contributed by atoms with E-state index in [0.29, 0.717) is 63.6 Å². The Labute approximate surface area is 271 Å². The molecular weight excluding hydrogens is 631 g/mol. The minimum Gasteiger partial charge on any atom is -0.492 e. The second kappa shape index (κ2) is 14.4. The quantitative estimate of drug-likeness (QED) is 0.247. The zero-order valence-electron chi connectivity index (χ0n) is 26.2. The van der Waals surface area contributed by atoms with Crippen molar-refractivity contribution in [2.45, 2.75) is 60.3 Å². The van der Waals surface area contributed by atoms with Crippen molar-refractivity contribution in [3.05, 3.63) is 72.3 Å². The maximum absolute atomic E-state index is 14.0. The van der Waals surface area contributed by atoms with Crippen molar-refractivity contribution in [2.75, 3.05) is 45.7 Å². The average Bonchev–Trinajstić information content (AvgIpc) is 3.45. The van der Waals surface area contributed by atoms with Gasteiger partial charge in [-0.2, -0.15) is 4.31 Å². The number of benzene rings is 3. The smallest absolute Gasteiger partial charge is 0.246 e. The summed E-state index contributed by atoms with van der Waals surface area (Å²) in [4.78, 5) is 0.304. The van der Waals surface area contributed by atoms with Crippen LogP contribution < -0.4 is 20.5 Å². The second-order valence-corrected chi connectivity index (χ2v) is 15.8.